The third kappa shape index (κ3) is 14.5. The number of nitrogens with zero attached hydrogens (tertiary/aromatic N) is 2. The van der Waals surface area contributed by atoms with E-state index in [0.717, 1.165) is 24.0 Å². The number of aromatic nitrogens is 1. The van der Waals surface area contributed by atoms with Gasteiger partial charge in [-0.25, -0.2) is 14.4 Å². The molecule has 1 aromatic heterocycles. The van der Waals surface area contributed by atoms with Crippen LogP contribution in [-0.2, 0) is 41.4 Å². The number of rotatable bonds is 19. The van der Waals surface area contributed by atoms with E-state index in [1.54, 1.807) is 51.1 Å². The number of imide groups is 1. The summed E-state index contributed by atoms with van der Waals surface area (Å²) in [4.78, 5) is 90.4. The smallest absolute Gasteiger partial charge is 0.407 e. The Balaban J connectivity index is 1.67. The van der Waals surface area contributed by atoms with Crippen molar-refractivity contribution in [2.45, 2.75) is 83.4 Å². The van der Waals surface area contributed by atoms with Gasteiger partial charge in [-0.15, -0.1) is 0 Å². The number of esters is 1. The maximum absolute atomic E-state index is 15.8. The van der Waals surface area contributed by atoms with E-state index in [4.69, 9.17) is 14.2 Å². The highest BCUT2D eigenvalue weighted by atomic mass is 16.6. The molecular formula is C49H60N6O9. The number of ether oxygens (including phenoxy) is 3. The first-order valence-corrected chi connectivity index (χ1v) is 21.8. The van der Waals surface area contributed by atoms with Crippen LogP contribution < -0.4 is 21.3 Å². The lowest BCUT2D eigenvalue weighted by Crippen LogP contribution is -2.69. The van der Waals surface area contributed by atoms with Gasteiger partial charge in [-0.05, 0) is 61.6 Å². The van der Waals surface area contributed by atoms with Crippen LogP contribution in [0.25, 0.3) is 11.1 Å². The molecule has 1 saturated heterocycles. The number of nitrogens with one attached hydrogen (secondary N) is 4. The molecule has 4 aromatic rings. The molecule has 1 aliphatic heterocycles. The largest absolute Gasteiger partial charge is 0.462 e. The van der Waals surface area contributed by atoms with Crippen molar-refractivity contribution in [3.8, 4) is 11.1 Å². The Morgan fingerprint density at radius 3 is 2.20 bits per heavy atom. The molecule has 1 aliphatic rings. The van der Waals surface area contributed by atoms with Gasteiger partial charge in [0.15, 0.2) is 0 Å². The molecule has 4 N–H and O–H groups in total. The maximum Gasteiger partial charge on any atom is 0.407 e. The molecule has 2 heterocycles. The summed E-state index contributed by atoms with van der Waals surface area (Å²) in [5.41, 5.74) is 0.0991. The van der Waals surface area contributed by atoms with Crippen LogP contribution in [0.15, 0.2) is 109 Å². The fourth-order valence-electron chi connectivity index (χ4n) is 7.36. The van der Waals surface area contributed by atoms with Crippen LogP contribution in [0.5, 0.6) is 0 Å². The number of amides is 6. The highest BCUT2D eigenvalue weighted by Gasteiger charge is 2.49. The second kappa shape index (κ2) is 23.7. The quantitative estimate of drug-likeness (QED) is 0.0640. The highest BCUT2D eigenvalue weighted by molar-refractivity contribution is 6.01. The van der Waals surface area contributed by atoms with Crippen LogP contribution in [0.3, 0.4) is 0 Å². The zero-order chi connectivity index (χ0) is 46.0. The molecule has 0 saturated carbocycles. The van der Waals surface area contributed by atoms with Gasteiger partial charge >= 0.3 is 18.1 Å². The van der Waals surface area contributed by atoms with Gasteiger partial charge in [0, 0.05) is 57.2 Å². The molecule has 64 heavy (non-hydrogen) atoms. The Bertz CT molecular complexity index is 2160. The summed E-state index contributed by atoms with van der Waals surface area (Å²) < 4.78 is 16.9. The Labute approximate surface area is 375 Å². The molecule has 15 nitrogen and oxygen atoms in total. The summed E-state index contributed by atoms with van der Waals surface area (Å²) >= 11 is 0. The third-order valence-corrected chi connectivity index (χ3v) is 10.7. The van der Waals surface area contributed by atoms with Crippen molar-refractivity contribution >= 4 is 35.8 Å². The molecule has 340 valence electrons. The van der Waals surface area contributed by atoms with Crippen molar-refractivity contribution in [3.63, 3.8) is 0 Å². The number of hydrogen-bond donors (Lipinski definition) is 4. The van der Waals surface area contributed by atoms with Crippen LogP contribution in [0.4, 0.5) is 9.59 Å². The van der Waals surface area contributed by atoms with E-state index in [0.29, 0.717) is 30.8 Å². The predicted molar refractivity (Wildman–Crippen MR) is 241 cm³/mol. The average Bonchev–Trinajstić information content (AvgIpc) is 3.29. The second-order valence-electron chi connectivity index (χ2n) is 16.7. The number of carbonyl (C=O) groups is 6. The molecule has 3 unspecified atom stereocenters. The number of carbonyl (C=O) groups excluding carboxylic acids is 6. The molecule has 3 aromatic carbocycles. The highest BCUT2D eigenvalue weighted by Crippen LogP contribution is 2.32. The molecule has 15 heteroatoms. The molecule has 0 radical (unpaired) electrons. The van der Waals surface area contributed by atoms with Crippen molar-refractivity contribution in [2.75, 3.05) is 39.5 Å². The van der Waals surface area contributed by atoms with Gasteiger partial charge in [-0.1, -0.05) is 105 Å². The van der Waals surface area contributed by atoms with Gasteiger partial charge in [0.2, 0.25) is 11.8 Å². The van der Waals surface area contributed by atoms with Gasteiger partial charge < -0.3 is 35.1 Å². The molecule has 6 amide bonds. The number of alkyl carbamates (subject to hydrolysis) is 1. The lowest BCUT2D eigenvalue weighted by Gasteiger charge is -2.41. The van der Waals surface area contributed by atoms with Gasteiger partial charge in [0.1, 0.15) is 17.2 Å². The Morgan fingerprint density at radius 1 is 0.844 bits per heavy atom. The molecule has 3 atom stereocenters. The molecule has 0 spiro atoms. The van der Waals surface area contributed by atoms with E-state index in [9.17, 15) is 24.0 Å². The Kier molecular flexibility index (Phi) is 18.0. The standard InChI is InChI=1S/C49H60N6O9/c1-5-6-9-24-42(56)54-49(31-37-21-14-15-23-40(37)36-19-12-8-13-20-36,39(33-51-47(61)64-48(2,3)4)34-63-44(58)38-22-16-25-50-32-38)45(59)52-41(30-35-17-10-7-11-18-35)43(57)53-46(60)55-26-28-62-29-27-55/h7-8,10-23,25,32,39,41H,5-6,9,24,26-31,33-34H2,1-4H3,(H,51,61)(H,52,59)(H,54,56)(H,53,57,60). The zero-order valence-electron chi connectivity index (χ0n) is 37.1. The summed E-state index contributed by atoms with van der Waals surface area (Å²) in [7, 11) is 0. The lowest BCUT2D eigenvalue weighted by atomic mass is 9.76. The Morgan fingerprint density at radius 2 is 1.53 bits per heavy atom. The first-order valence-electron chi connectivity index (χ1n) is 21.8. The minimum atomic E-state index is -2.04. The third-order valence-electron chi connectivity index (χ3n) is 10.7. The predicted octanol–water partition coefficient (Wildman–Crippen LogP) is 6.02. The molecule has 5 rings (SSSR count). The maximum atomic E-state index is 15.8. The number of morpholine rings is 1. The van der Waals surface area contributed by atoms with Crippen molar-refractivity contribution in [3.05, 3.63) is 126 Å². The summed E-state index contributed by atoms with van der Waals surface area (Å²) in [5.74, 6) is -4.04. The average molecular weight is 877 g/mol. The number of unbranched alkanes of at least 4 members (excludes halogenated alkanes) is 2. The van der Waals surface area contributed by atoms with Crippen LogP contribution >= 0.6 is 0 Å². The first kappa shape index (κ1) is 48.4. The van der Waals surface area contributed by atoms with E-state index in [2.05, 4.69) is 26.3 Å². The number of hydrogen-bond acceptors (Lipinski definition) is 10. The number of pyridine rings is 1. The summed E-state index contributed by atoms with van der Waals surface area (Å²) in [6, 6.07) is 27.0. The zero-order valence-corrected chi connectivity index (χ0v) is 37.1. The normalized spacial score (nSPS) is 14.5. The minimum Gasteiger partial charge on any atom is -0.462 e. The number of urea groups is 1. The van der Waals surface area contributed by atoms with Gasteiger partial charge in [-0.3, -0.25) is 24.7 Å². The topological polar surface area (TPSA) is 194 Å². The van der Waals surface area contributed by atoms with Crippen molar-refractivity contribution in [2.24, 2.45) is 5.92 Å². The fourth-order valence-corrected chi connectivity index (χ4v) is 7.36. The van der Waals surface area contributed by atoms with Crippen LogP contribution in [-0.4, -0.2) is 102 Å². The molecule has 1 fully saturated rings. The van der Waals surface area contributed by atoms with Gasteiger partial charge in [0.05, 0.1) is 25.4 Å². The van der Waals surface area contributed by atoms with Crippen LogP contribution in [0.1, 0.15) is 74.9 Å². The van der Waals surface area contributed by atoms with Gasteiger partial charge in [0.25, 0.3) is 5.91 Å². The lowest BCUT2D eigenvalue weighted by molar-refractivity contribution is -0.139. The van der Waals surface area contributed by atoms with Gasteiger partial charge in [-0.2, -0.15) is 0 Å². The van der Waals surface area contributed by atoms with E-state index in [1.165, 1.54) is 23.4 Å². The van der Waals surface area contributed by atoms with Crippen LogP contribution in [0.2, 0.25) is 0 Å². The van der Waals surface area contributed by atoms with Crippen molar-refractivity contribution in [1.82, 2.24) is 31.2 Å². The summed E-state index contributed by atoms with van der Waals surface area (Å²) in [6.07, 6.45) is 3.94. The van der Waals surface area contributed by atoms with Crippen molar-refractivity contribution in [1.29, 1.82) is 0 Å². The van der Waals surface area contributed by atoms with E-state index in [-0.39, 0.29) is 44.5 Å². The van der Waals surface area contributed by atoms with Crippen molar-refractivity contribution < 1.29 is 43.0 Å². The van der Waals surface area contributed by atoms with E-state index >= 15 is 4.79 Å². The van der Waals surface area contributed by atoms with E-state index in [1.807, 2.05) is 67.6 Å². The van der Waals surface area contributed by atoms with E-state index < -0.39 is 65.5 Å². The molecule has 0 aliphatic carbocycles. The number of benzene rings is 3. The van der Waals surface area contributed by atoms with Crippen LogP contribution in [0, 0.1) is 5.92 Å². The fraction of sp³-hybridized carbons (Fsp3) is 0.408. The molecular weight excluding hydrogens is 817 g/mol. The summed E-state index contributed by atoms with van der Waals surface area (Å²) in [5, 5.41) is 11.3. The minimum absolute atomic E-state index is 0.0350. The summed E-state index contributed by atoms with van der Waals surface area (Å²) in [6.45, 7) is 7.44. The molecule has 0 bridgehead atoms. The first-order chi connectivity index (χ1) is 30.8. The SMILES string of the molecule is CCCCCC(=O)NC(Cc1ccccc1-c1ccccc1)(C(=O)NC(Cc1ccccc1)C(=O)NC(=O)N1CCOCC1)C(CNC(=O)OC(C)(C)C)COC(=O)c1cccnc1. The monoisotopic (exact) mass is 876 g/mol. The Hall–Kier alpha value is -6.61. The second-order valence-corrected chi connectivity index (χ2v) is 16.7.